The first-order chi connectivity index (χ1) is 3.50. The Morgan fingerprint density at radius 3 is 2.00 bits per heavy atom. The molecular formula is C4H9ClO2S. The smallest absolute Gasteiger partial charge is 0.166 e. The van der Waals surface area contributed by atoms with Gasteiger partial charge >= 0.3 is 0 Å². The highest BCUT2D eigenvalue weighted by atomic mass is 35.5. The van der Waals surface area contributed by atoms with Crippen LogP contribution in [0.15, 0.2) is 0 Å². The number of halogens is 1. The molecule has 0 radical (unpaired) electrons. The van der Waals surface area contributed by atoms with E-state index >= 15 is 0 Å². The second kappa shape index (κ2) is 2.69. The molecule has 0 amide bonds. The number of sulfone groups is 1. The van der Waals surface area contributed by atoms with Crippen LogP contribution in [0.5, 0.6) is 0 Å². The largest absolute Gasteiger partial charge is 0.227 e. The molecule has 0 N–H and O–H groups in total. The van der Waals surface area contributed by atoms with Gasteiger partial charge in [0.2, 0.25) is 0 Å². The summed E-state index contributed by atoms with van der Waals surface area (Å²) >= 11 is 5.28. The monoisotopic (exact) mass is 156 g/mol. The molecule has 1 atom stereocenters. The molecule has 2 nitrogen and oxygen atoms in total. The van der Waals surface area contributed by atoms with Crippen LogP contribution >= 0.6 is 11.6 Å². The average molecular weight is 157 g/mol. The first-order valence-corrected chi connectivity index (χ1v) is 4.51. The third-order valence-corrected chi connectivity index (χ3v) is 3.51. The lowest BCUT2D eigenvalue weighted by molar-refractivity contribution is 0.595. The van der Waals surface area contributed by atoms with Crippen molar-refractivity contribution < 1.29 is 8.42 Å². The average Bonchev–Trinajstić information content (AvgIpc) is 1.67. The van der Waals surface area contributed by atoms with Gasteiger partial charge < -0.3 is 0 Å². The van der Waals surface area contributed by atoms with Crippen molar-refractivity contribution in [3.05, 3.63) is 0 Å². The quantitative estimate of drug-likeness (QED) is 0.560. The number of rotatable bonds is 2. The van der Waals surface area contributed by atoms with E-state index in [4.69, 9.17) is 11.6 Å². The normalized spacial score (nSPS) is 15.9. The fourth-order valence-corrected chi connectivity index (χ4v) is 1.07. The molecule has 0 aromatic heterocycles. The zero-order chi connectivity index (χ0) is 6.78. The van der Waals surface area contributed by atoms with Gasteiger partial charge in [0.25, 0.3) is 0 Å². The Labute approximate surface area is 54.8 Å². The van der Waals surface area contributed by atoms with Gasteiger partial charge in [0.15, 0.2) is 9.84 Å². The summed E-state index contributed by atoms with van der Waals surface area (Å²) < 4.78 is 20.4. The molecule has 0 fully saturated rings. The van der Waals surface area contributed by atoms with Crippen LogP contribution in [0, 0.1) is 0 Å². The van der Waals surface area contributed by atoms with Crippen LogP contribution in [0.1, 0.15) is 13.8 Å². The summed E-state index contributed by atoms with van der Waals surface area (Å²) in [7, 11) is -2.97. The fraction of sp³-hybridized carbons (Fsp3) is 1.00. The summed E-state index contributed by atoms with van der Waals surface area (Å²) in [5.74, 6) is 0.123. The van der Waals surface area contributed by atoms with Gasteiger partial charge in [-0.25, -0.2) is 8.42 Å². The Kier molecular flexibility index (Phi) is 2.77. The van der Waals surface area contributed by atoms with Crippen molar-refractivity contribution in [3.63, 3.8) is 0 Å². The van der Waals surface area contributed by atoms with Gasteiger partial charge in [0.1, 0.15) is 4.71 Å². The van der Waals surface area contributed by atoms with Gasteiger partial charge in [-0.15, -0.1) is 11.6 Å². The molecule has 0 aliphatic rings. The van der Waals surface area contributed by atoms with Gasteiger partial charge in [0, 0.05) is 5.75 Å². The van der Waals surface area contributed by atoms with E-state index in [0.29, 0.717) is 0 Å². The molecule has 0 aromatic carbocycles. The molecule has 0 saturated carbocycles. The molecule has 0 aromatic rings. The lowest BCUT2D eigenvalue weighted by Gasteiger charge is -1.99. The Hall–Kier alpha value is 0.240. The van der Waals surface area contributed by atoms with Crippen LogP contribution in [0.4, 0.5) is 0 Å². The molecule has 4 heteroatoms. The van der Waals surface area contributed by atoms with Crippen LogP contribution in [-0.2, 0) is 9.84 Å². The van der Waals surface area contributed by atoms with Crippen LogP contribution in [0.25, 0.3) is 0 Å². The molecule has 0 heterocycles. The van der Waals surface area contributed by atoms with Crippen LogP contribution < -0.4 is 0 Å². The third kappa shape index (κ3) is 2.01. The maximum absolute atomic E-state index is 10.6. The van der Waals surface area contributed by atoms with Crippen molar-refractivity contribution in [2.45, 2.75) is 18.6 Å². The first kappa shape index (κ1) is 8.24. The van der Waals surface area contributed by atoms with E-state index in [-0.39, 0.29) is 5.75 Å². The SMILES string of the molecule is CCS(=O)(=O)[C@@H](C)Cl. The number of hydrogen-bond donors (Lipinski definition) is 0. The lowest BCUT2D eigenvalue weighted by Crippen LogP contribution is -2.12. The first-order valence-electron chi connectivity index (χ1n) is 2.36. The predicted molar refractivity (Wildman–Crippen MR) is 34.8 cm³/mol. The van der Waals surface area contributed by atoms with Gasteiger partial charge in [-0.3, -0.25) is 0 Å². The molecule has 0 bridgehead atoms. The van der Waals surface area contributed by atoms with Crippen molar-refractivity contribution >= 4 is 21.4 Å². The second-order valence-electron chi connectivity index (χ2n) is 1.49. The van der Waals surface area contributed by atoms with Gasteiger partial charge in [-0.2, -0.15) is 0 Å². The van der Waals surface area contributed by atoms with Crippen molar-refractivity contribution in [2.75, 3.05) is 5.75 Å². The molecule has 50 valence electrons. The zero-order valence-corrected chi connectivity index (χ0v) is 6.46. The van der Waals surface area contributed by atoms with Crippen LogP contribution in [0.3, 0.4) is 0 Å². The molecule has 0 aliphatic carbocycles. The summed E-state index contributed by atoms with van der Waals surface area (Å²) in [6.07, 6.45) is 0. The van der Waals surface area contributed by atoms with Gasteiger partial charge in [0.05, 0.1) is 0 Å². The zero-order valence-electron chi connectivity index (χ0n) is 4.89. The van der Waals surface area contributed by atoms with Gasteiger partial charge in [-0.05, 0) is 6.92 Å². The topological polar surface area (TPSA) is 34.1 Å². The van der Waals surface area contributed by atoms with E-state index in [0.717, 1.165) is 0 Å². The van der Waals surface area contributed by atoms with Crippen molar-refractivity contribution in [1.29, 1.82) is 0 Å². The Balaban J connectivity index is 4.17. The highest BCUT2D eigenvalue weighted by Gasteiger charge is 2.13. The lowest BCUT2D eigenvalue weighted by atomic mass is 10.9. The maximum Gasteiger partial charge on any atom is 0.166 e. The van der Waals surface area contributed by atoms with E-state index in [9.17, 15) is 8.42 Å². The minimum Gasteiger partial charge on any atom is -0.227 e. The summed E-state index contributed by atoms with van der Waals surface area (Å²) in [5.41, 5.74) is 0. The molecule has 0 unspecified atom stereocenters. The third-order valence-electron chi connectivity index (χ3n) is 0.897. The number of alkyl halides is 1. The van der Waals surface area contributed by atoms with Crippen molar-refractivity contribution in [1.82, 2.24) is 0 Å². The predicted octanol–water partition coefficient (Wildman–Crippen LogP) is 1.01. The van der Waals surface area contributed by atoms with Crippen LogP contribution in [0.2, 0.25) is 0 Å². The summed E-state index contributed by atoms with van der Waals surface area (Å²) in [6.45, 7) is 3.04. The molecule has 8 heavy (non-hydrogen) atoms. The minimum absolute atomic E-state index is 0.123. The Morgan fingerprint density at radius 1 is 1.62 bits per heavy atom. The van der Waals surface area contributed by atoms with Crippen molar-refractivity contribution in [3.8, 4) is 0 Å². The molecule has 0 aliphatic heterocycles. The van der Waals surface area contributed by atoms with Gasteiger partial charge in [-0.1, -0.05) is 6.92 Å². The minimum atomic E-state index is -2.97. The number of hydrogen-bond acceptors (Lipinski definition) is 2. The van der Waals surface area contributed by atoms with E-state index in [1.807, 2.05) is 0 Å². The second-order valence-corrected chi connectivity index (χ2v) is 5.02. The summed E-state index contributed by atoms with van der Waals surface area (Å²) in [4.78, 5) is 0. The summed E-state index contributed by atoms with van der Waals surface area (Å²) in [6, 6.07) is 0. The molecule has 0 rings (SSSR count). The Morgan fingerprint density at radius 2 is 2.00 bits per heavy atom. The summed E-state index contributed by atoms with van der Waals surface area (Å²) in [5, 5.41) is 0. The maximum atomic E-state index is 10.6. The highest BCUT2D eigenvalue weighted by molar-refractivity contribution is 7.93. The highest BCUT2D eigenvalue weighted by Crippen LogP contribution is 2.04. The van der Waals surface area contributed by atoms with E-state index in [2.05, 4.69) is 0 Å². The van der Waals surface area contributed by atoms with Crippen LogP contribution in [-0.4, -0.2) is 18.9 Å². The molecular weight excluding hydrogens is 148 g/mol. The van der Waals surface area contributed by atoms with E-state index < -0.39 is 14.5 Å². The van der Waals surface area contributed by atoms with E-state index in [1.54, 1.807) is 6.92 Å². The Bertz CT molecular complexity index is 147. The van der Waals surface area contributed by atoms with E-state index in [1.165, 1.54) is 6.92 Å². The fourth-order valence-electron chi connectivity index (χ4n) is 0.230. The molecule has 0 saturated heterocycles. The van der Waals surface area contributed by atoms with Crippen molar-refractivity contribution in [2.24, 2.45) is 0 Å². The molecule has 0 spiro atoms. The standard InChI is InChI=1S/C4H9ClO2S/c1-3-8(6,7)4(2)5/h4H,3H2,1-2H3/t4-/m0/s1.